The van der Waals surface area contributed by atoms with Crippen LogP contribution in [0.4, 0.5) is 0 Å². The van der Waals surface area contributed by atoms with E-state index in [-0.39, 0.29) is 25.0 Å². The van der Waals surface area contributed by atoms with E-state index in [0.717, 1.165) is 0 Å². The van der Waals surface area contributed by atoms with Gasteiger partial charge in [0.05, 0.1) is 10.0 Å². The molecule has 0 saturated carbocycles. The van der Waals surface area contributed by atoms with Crippen molar-refractivity contribution >= 4 is 35.1 Å². The van der Waals surface area contributed by atoms with Gasteiger partial charge in [-0.3, -0.25) is 9.59 Å². The van der Waals surface area contributed by atoms with Crippen LogP contribution in [0, 0.1) is 0 Å². The Balaban J connectivity index is 2.30. The average molecular weight is 334 g/mol. The third-order valence-electron chi connectivity index (χ3n) is 2.70. The minimum absolute atomic E-state index is 0.0972. The number of benzene rings is 1. The molecule has 1 amide bonds. The normalized spacial score (nSPS) is 11.8. The Bertz CT molecular complexity index is 508. The van der Waals surface area contributed by atoms with E-state index < -0.39 is 5.97 Å². The minimum Gasteiger partial charge on any atom is -0.484 e. The maximum absolute atomic E-state index is 11.7. The summed E-state index contributed by atoms with van der Waals surface area (Å²) < 4.78 is 5.30. The number of ether oxygens (including phenoxy) is 1. The van der Waals surface area contributed by atoms with Gasteiger partial charge < -0.3 is 15.2 Å². The first kappa shape index (κ1) is 17.6. The summed E-state index contributed by atoms with van der Waals surface area (Å²) in [5.41, 5.74) is 0. The van der Waals surface area contributed by atoms with Crippen LogP contribution in [0.5, 0.6) is 5.75 Å². The molecular formula is C14H17Cl2NO4. The van der Waals surface area contributed by atoms with Crippen molar-refractivity contribution in [2.45, 2.75) is 32.2 Å². The third kappa shape index (κ3) is 7.20. The van der Waals surface area contributed by atoms with E-state index >= 15 is 0 Å². The number of rotatable bonds is 8. The van der Waals surface area contributed by atoms with Crippen molar-refractivity contribution < 1.29 is 19.4 Å². The molecule has 7 heteroatoms. The van der Waals surface area contributed by atoms with Crippen molar-refractivity contribution in [2.24, 2.45) is 0 Å². The van der Waals surface area contributed by atoms with Crippen LogP contribution in [0.25, 0.3) is 0 Å². The molecule has 0 bridgehead atoms. The fraction of sp³-hybridized carbons (Fsp3) is 0.429. The minimum atomic E-state index is -0.837. The molecule has 1 aromatic carbocycles. The Hall–Kier alpha value is -1.46. The molecule has 1 aromatic rings. The van der Waals surface area contributed by atoms with Gasteiger partial charge in [-0.2, -0.15) is 0 Å². The lowest BCUT2D eigenvalue weighted by Gasteiger charge is -2.14. The number of hydrogen-bond acceptors (Lipinski definition) is 3. The van der Waals surface area contributed by atoms with Gasteiger partial charge in [0.1, 0.15) is 5.75 Å². The number of carboxylic acid groups (broad SMARTS) is 1. The van der Waals surface area contributed by atoms with Crippen LogP contribution in [0.1, 0.15) is 26.2 Å². The van der Waals surface area contributed by atoms with Crippen LogP contribution in [-0.2, 0) is 9.59 Å². The summed E-state index contributed by atoms with van der Waals surface area (Å²) in [4.78, 5) is 22.1. The summed E-state index contributed by atoms with van der Waals surface area (Å²) in [6, 6.07) is 4.64. The predicted octanol–water partition coefficient (Wildman–Crippen LogP) is 3.13. The molecule has 0 spiro atoms. The zero-order valence-electron chi connectivity index (χ0n) is 11.6. The highest BCUT2D eigenvalue weighted by atomic mass is 35.5. The number of aliphatic carboxylic acids is 1. The summed E-state index contributed by atoms with van der Waals surface area (Å²) >= 11 is 11.6. The van der Waals surface area contributed by atoms with E-state index in [0.29, 0.717) is 28.6 Å². The smallest absolute Gasteiger partial charge is 0.303 e. The highest BCUT2D eigenvalue weighted by molar-refractivity contribution is 6.42. The van der Waals surface area contributed by atoms with Gasteiger partial charge in [0.25, 0.3) is 5.91 Å². The standard InChI is InChI=1S/C14H17Cl2NO4/c1-9(3-2-4-14(19)20)17-13(18)8-21-10-5-6-11(15)12(16)7-10/h5-7,9H,2-4,8H2,1H3,(H,17,18)(H,19,20). The highest BCUT2D eigenvalue weighted by Crippen LogP contribution is 2.26. The fourth-order valence-electron chi connectivity index (χ4n) is 1.66. The second-order valence-electron chi connectivity index (χ2n) is 4.62. The number of carbonyl (C=O) groups excluding carboxylic acids is 1. The molecule has 0 aliphatic rings. The molecule has 2 N–H and O–H groups in total. The molecule has 0 aliphatic carbocycles. The SMILES string of the molecule is CC(CCCC(=O)O)NC(=O)COc1ccc(Cl)c(Cl)c1. The van der Waals surface area contributed by atoms with E-state index in [1.54, 1.807) is 12.1 Å². The molecule has 116 valence electrons. The second-order valence-corrected chi connectivity index (χ2v) is 5.43. The first-order valence-electron chi connectivity index (χ1n) is 6.47. The van der Waals surface area contributed by atoms with E-state index in [4.69, 9.17) is 33.0 Å². The molecule has 0 heterocycles. The topological polar surface area (TPSA) is 75.6 Å². The van der Waals surface area contributed by atoms with Crippen molar-refractivity contribution in [3.63, 3.8) is 0 Å². The summed E-state index contributed by atoms with van der Waals surface area (Å²) in [6.07, 6.45) is 1.22. The van der Waals surface area contributed by atoms with Crippen molar-refractivity contribution in [2.75, 3.05) is 6.61 Å². The molecule has 1 atom stereocenters. The molecule has 0 aromatic heterocycles. The number of nitrogens with one attached hydrogen (secondary N) is 1. The summed E-state index contributed by atoms with van der Waals surface area (Å²) in [5.74, 6) is -0.654. The molecular weight excluding hydrogens is 317 g/mol. The van der Waals surface area contributed by atoms with E-state index in [9.17, 15) is 9.59 Å². The lowest BCUT2D eigenvalue weighted by molar-refractivity contribution is -0.137. The third-order valence-corrected chi connectivity index (χ3v) is 3.44. The van der Waals surface area contributed by atoms with E-state index in [2.05, 4.69) is 5.32 Å². The zero-order valence-corrected chi connectivity index (χ0v) is 13.1. The van der Waals surface area contributed by atoms with Gasteiger partial charge in [-0.05, 0) is 31.9 Å². The Morgan fingerprint density at radius 1 is 1.33 bits per heavy atom. The Morgan fingerprint density at radius 3 is 2.67 bits per heavy atom. The number of carboxylic acids is 1. The van der Waals surface area contributed by atoms with Gasteiger partial charge in [0.15, 0.2) is 6.61 Å². The fourth-order valence-corrected chi connectivity index (χ4v) is 1.95. The van der Waals surface area contributed by atoms with Gasteiger partial charge in [0, 0.05) is 18.5 Å². The zero-order chi connectivity index (χ0) is 15.8. The van der Waals surface area contributed by atoms with Crippen LogP contribution < -0.4 is 10.1 Å². The summed E-state index contributed by atoms with van der Waals surface area (Å²) in [6.45, 7) is 1.68. The van der Waals surface area contributed by atoms with Crippen molar-refractivity contribution in [3.8, 4) is 5.75 Å². The number of halogens is 2. The first-order chi connectivity index (χ1) is 9.88. The predicted molar refractivity (Wildman–Crippen MR) is 81.0 cm³/mol. The van der Waals surface area contributed by atoms with Crippen molar-refractivity contribution in [3.05, 3.63) is 28.2 Å². The van der Waals surface area contributed by atoms with Gasteiger partial charge in [-0.25, -0.2) is 0 Å². The van der Waals surface area contributed by atoms with Crippen LogP contribution in [0.2, 0.25) is 10.0 Å². The Kier molecular flexibility index (Phi) is 7.32. The van der Waals surface area contributed by atoms with Crippen LogP contribution in [0.3, 0.4) is 0 Å². The molecule has 0 aliphatic heterocycles. The monoisotopic (exact) mass is 333 g/mol. The lowest BCUT2D eigenvalue weighted by atomic mass is 10.1. The lowest BCUT2D eigenvalue weighted by Crippen LogP contribution is -2.36. The summed E-state index contributed by atoms with van der Waals surface area (Å²) in [5, 5.41) is 12.0. The summed E-state index contributed by atoms with van der Waals surface area (Å²) in [7, 11) is 0. The maximum Gasteiger partial charge on any atom is 0.303 e. The molecule has 21 heavy (non-hydrogen) atoms. The molecule has 0 saturated heterocycles. The molecule has 5 nitrogen and oxygen atoms in total. The molecule has 0 radical (unpaired) electrons. The van der Waals surface area contributed by atoms with Gasteiger partial charge >= 0.3 is 5.97 Å². The van der Waals surface area contributed by atoms with Crippen LogP contribution >= 0.6 is 23.2 Å². The Morgan fingerprint density at radius 2 is 2.05 bits per heavy atom. The molecule has 1 rings (SSSR count). The highest BCUT2D eigenvalue weighted by Gasteiger charge is 2.09. The maximum atomic E-state index is 11.7. The Labute approximate surface area is 133 Å². The van der Waals surface area contributed by atoms with E-state index in [1.807, 2.05) is 6.92 Å². The average Bonchev–Trinajstić information content (AvgIpc) is 2.39. The van der Waals surface area contributed by atoms with Crippen molar-refractivity contribution in [1.29, 1.82) is 0 Å². The number of hydrogen-bond donors (Lipinski definition) is 2. The van der Waals surface area contributed by atoms with Gasteiger partial charge in [-0.15, -0.1) is 0 Å². The number of amides is 1. The number of carbonyl (C=O) groups is 2. The molecule has 1 unspecified atom stereocenters. The van der Waals surface area contributed by atoms with E-state index in [1.165, 1.54) is 6.07 Å². The van der Waals surface area contributed by atoms with Crippen molar-refractivity contribution in [1.82, 2.24) is 5.32 Å². The first-order valence-corrected chi connectivity index (χ1v) is 7.23. The quantitative estimate of drug-likeness (QED) is 0.766. The van der Waals surface area contributed by atoms with Gasteiger partial charge in [0.2, 0.25) is 0 Å². The molecule has 0 fully saturated rings. The largest absolute Gasteiger partial charge is 0.484 e. The second kappa shape index (κ2) is 8.74. The van der Waals surface area contributed by atoms with Gasteiger partial charge in [-0.1, -0.05) is 23.2 Å². The van der Waals surface area contributed by atoms with Crippen LogP contribution in [-0.4, -0.2) is 29.6 Å². The van der Waals surface area contributed by atoms with Crippen LogP contribution in [0.15, 0.2) is 18.2 Å².